The van der Waals surface area contributed by atoms with E-state index in [0.717, 1.165) is 16.1 Å². The van der Waals surface area contributed by atoms with E-state index in [4.69, 9.17) is 0 Å². The van der Waals surface area contributed by atoms with Crippen molar-refractivity contribution in [3.63, 3.8) is 0 Å². The SMILES string of the molecule is Cc1ccc(NC(=CC(=O)c2ccc(Br)cc2)C(=O)O)cc1. The average Bonchev–Trinajstić information content (AvgIpc) is 2.49. The van der Waals surface area contributed by atoms with Crippen LogP contribution in [-0.2, 0) is 4.79 Å². The van der Waals surface area contributed by atoms with Crippen LogP contribution in [0.5, 0.6) is 0 Å². The number of anilines is 1. The number of hydrogen-bond acceptors (Lipinski definition) is 3. The first-order chi connectivity index (χ1) is 10.5. The summed E-state index contributed by atoms with van der Waals surface area (Å²) in [5.41, 5.74) is 1.93. The van der Waals surface area contributed by atoms with Gasteiger partial charge in [-0.1, -0.05) is 33.6 Å². The van der Waals surface area contributed by atoms with Crippen LogP contribution in [0.2, 0.25) is 0 Å². The van der Waals surface area contributed by atoms with E-state index in [1.165, 1.54) is 0 Å². The highest BCUT2D eigenvalue weighted by atomic mass is 79.9. The second-order valence-corrected chi connectivity index (χ2v) is 5.64. The van der Waals surface area contributed by atoms with Gasteiger partial charge in [0.2, 0.25) is 0 Å². The highest BCUT2D eigenvalue weighted by molar-refractivity contribution is 9.10. The number of carboxylic acid groups (broad SMARTS) is 1. The Morgan fingerprint density at radius 1 is 1.05 bits per heavy atom. The molecule has 4 nitrogen and oxygen atoms in total. The van der Waals surface area contributed by atoms with Crippen LogP contribution in [0.4, 0.5) is 5.69 Å². The molecular weight excluding hydrogens is 346 g/mol. The highest BCUT2D eigenvalue weighted by Crippen LogP contribution is 2.14. The second-order valence-electron chi connectivity index (χ2n) is 4.73. The molecule has 0 heterocycles. The Hall–Kier alpha value is -2.40. The lowest BCUT2D eigenvalue weighted by molar-refractivity contribution is -0.132. The maximum absolute atomic E-state index is 12.1. The molecule has 0 spiro atoms. The summed E-state index contributed by atoms with van der Waals surface area (Å²) in [6.07, 6.45) is 1.09. The summed E-state index contributed by atoms with van der Waals surface area (Å²) < 4.78 is 0.851. The molecule has 0 aliphatic heterocycles. The molecule has 112 valence electrons. The summed E-state index contributed by atoms with van der Waals surface area (Å²) in [6, 6.07) is 14.0. The van der Waals surface area contributed by atoms with Gasteiger partial charge in [0.15, 0.2) is 5.78 Å². The third-order valence-corrected chi connectivity index (χ3v) is 3.49. The van der Waals surface area contributed by atoms with E-state index in [0.29, 0.717) is 11.3 Å². The van der Waals surface area contributed by atoms with Crippen molar-refractivity contribution >= 4 is 33.4 Å². The van der Waals surface area contributed by atoms with Gasteiger partial charge in [-0.15, -0.1) is 0 Å². The maximum Gasteiger partial charge on any atom is 0.352 e. The fourth-order valence-electron chi connectivity index (χ4n) is 1.77. The van der Waals surface area contributed by atoms with Crippen LogP contribution in [0.1, 0.15) is 15.9 Å². The average molecular weight is 360 g/mol. The molecule has 2 N–H and O–H groups in total. The highest BCUT2D eigenvalue weighted by Gasteiger charge is 2.11. The van der Waals surface area contributed by atoms with Crippen molar-refractivity contribution in [3.8, 4) is 0 Å². The van der Waals surface area contributed by atoms with Gasteiger partial charge in [0.25, 0.3) is 0 Å². The monoisotopic (exact) mass is 359 g/mol. The van der Waals surface area contributed by atoms with E-state index in [1.54, 1.807) is 36.4 Å². The number of carboxylic acids is 1. The Morgan fingerprint density at radius 3 is 2.18 bits per heavy atom. The molecule has 0 aliphatic carbocycles. The molecule has 0 atom stereocenters. The van der Waals surface area contributed by atoms with Gasteiger partial charge >= 0.3 is 5.97 Å². The molecule has 0 fully saturated rings. The van der Waals surface area contributed by atoms with E-state index >= 15 is 0 Å². The van der Waals surface area contributed by atoms with Crippen molar-refractivity contribution in [3.05, 3.63) is 75.9 Å². The number of halogens is 1. The number of allylic oxidation sites excluding steroid dienone is 1. The molecule has 0 bridgehead atoms. The third-order valence-electron chi connectivity index (χ3n) is 2.97. The summed E-state index contributed by atoms with van der Waals surface area (Å²) in [7, 11) is 0. The molecule has 0 saturated carbocycles. The van der Waals surface area contributed by atoms with Crippen molar-refractivity contribution in [2.45, 2.75) is 6.92 Å². The Kier molecular flexibility index (Phi) is 5.12. The Balaban J connectivity index is 2.23. The number of aryl methyl sites for hydroxylation is 1. The predicted octanol–water partition coefficient (Wildman–Crippen LogP) is 4.02. The van der Waals surface area contributed by atoms with E-state index in [9.17, 15) is 14.7 Å². The van der Waals surface area contributed by atoms with Gasteiger partial charge in [-0.3, -0.25) is 4.79 Å². The smallest absolute Gasteiger partial charge is 0.352 e. The second kappa shape index (κ2) is 7.04. The van der Waals surface area contributed by atoms with Crippen LogP contribution in [0.15, 0.2) is 64.8 Å². The van der Waals surface area contributed by atoms with Crippen LogP contribution < -0.4 is 5.32 Å². The van der Waals surface area contributed by atoms with E-state index in [1.807, 2.05) is 19.1 Å². The maximum atomic E-state index is 12.1. The molecule has 2 aromatic rings. The van der Waals surface area contributed by atoms with E-state index in [2.05, 4.69) is 21.2 Å². The van der Waals surface area contributed by atoms with Crippen molar-refractivity contribution in [2.75, 3.05) is 5.32 Å². The first-order valence-electron chi connectivity index (χ1n) is 6.54. The van der Waals surface area contributed by atoms with Gasteiger partial charge in [-0.2, -0.15) is 0 Å². The molecule has 2 aromatic carbocycles. The first-order valence-corrected chi connectivity index (χ1v) is 7.33. The zero-order valence-electron chi connectivity index (χ0n) is 11.8. The quantitative estimate of drug-likeness (QED) is 0.624. The Labute approximate surface area is 136 Å². The van der Waals surface area contributed by atoms with Crippen molar-refractivity contribution < 1.29 is 14.7 Å². The zero-order valence-corrected chi connectivity index (χ0v) is 13.4. The van der Waals surface area contributed by atoms with Crippen molar-refractivity contribution in [1.82, 2.24) is 0 Å². The van der Waals surface area contributed by atoms with Crippen LogP contribution in [0.3, 0.4) is 0 Å². The molecule has 0 amide bonds. The van der Waals surface area contributed by atoms with Gasteiger partial charge < -0.3 is 10.4 Å². The molecule has 0 aromatic heterocycles. The topological polar surface area (TPSA) is 66.4 Å². The van der Waals surface area contributed by atoms with Crippen LogP contribution >= 0.6 is 15.9 Å². The lowest BCUT2D eigenvalue weighted by Crippen LogP contribution is -2.13. The van der Waals surface area contributed by atoms with Gasteiger partial charge in [0.05, 0.1) is 0 Å². The molecule has 5 heteroatoms. The third kappa shape index (κ3) is 4.30. The summed E-state index contributed by atoms with van der Waals surface area (Å²) in [6.45, 7) is 1.94. The van der Waals surface area contributed by atoms with Crippen molar-refractivity contribution in [2.24, 2.45) is 0 Å². The number of nitrogens with one attached hydrogen (secondary N) is 1. The normalized spacial score (nSPS) is 11.1. The number of benzene rings is 2. The summed E-state index contributed by atoms with van der Waals surface area (Å²) >= 11 is 3.29. The van der Waals surface area contributed by atoms with Gasteiger partial charge in [-0.25, -0.2) is 4.79 Å². The van der Waals surface area contributed by atoms with Gasteiger partial charge in [-0.05, 0) is 43.3 Å². The van der Waals surface area contributed by atoms with Crippen molar-refractivity contribution in [1.29, 1.82) is 0 Å². The van der Waals surface area contributed by atoms with E-state index < -0.39 is 5.97 Å². The minimum Gasteiger partial charge on any atom is -0.477 e. The fourth-order valence-corrected chi connectivity index (χ4v) is 2.04. The van der Waals surface area contributed by atoms with Gasteiger partial charge in [0, 0.05) is 21.8 Å². The summed E-state index contributed by atoms with van der Waals surface area (Å²) in [4.78, 5) is 23.4. The largest absolute Gasteiger partial charge is 0.477 e. The Bertz CT molecular complexity index is 719. The molecule has 22 heavy (non-hydrogen) atoms. The standard InChI is InChI=1S/C17H14BrNO3/c1-11-2-8-14(9-3-11)19-15(17(21)22)10-16(20)12-4-6-13(18)7-5-12/h2-10,19H,1H3,(H,21,22). The predicted molar refractivity (Wildman–Crippen MR) is 89.0 cm³/mol. The molecule has 0 aliphatic rings. The Morgan fingerprint density at radius 2 is 1.64 bits per heavy atom. The lowest BCUT2D eigenvalue weighted by atomic mass is 10.1. The number of rotatable bonds is 5. The number of carbonyl (C=O) groups excluding carboxylic acids is 1. The summed E-state index contributed by atoms with van der Waals surface area (Å²) in [5, 5.41) is 12.0. The van der Waals surface area contributed by atoms with Gasteiger partial charge in [0.1, 0.15) is 5.70 Å². The van der Waals surface area contributed by atoms with Crippen LogP contribution in [-0.4, -0.2) is 16.9 Å². The number of carbonyl (C=O) groups is 2. The minimum absolute atomic E-state index is 0.170. The van der Waals surface area contributed by atoms with Crippen LogP contribution in [0.25, 0.3) is 0 Å². The fraction of sp³-hybridized carbons (Fsp3) is 0.0588. The molecule has 0 saturated heterocycles. The number of aliphatic carboxylic acids is 1. The zero-order chi connectivity index (χ0) is 16.1. The molecule has 0 radical (unpaired) electrons. The summed E-state index contributed by atoms with van der Waals surface area (Å²) in [5.74, 6) is -1.56. The van der Waals surface area contributed by atoms with Crippen LogP contribution in [0, 0.1) is 6.92 Å². The molecular formula is C17H14BrNO3. The van der Waals surface area contributed by atoms with E-state index in [-0.39, 0.29) is 11.5 Å². The lowest BCUT2D eigenvalue weighted by Gasteiger charge is -2.07. The first kappa shape index (κ1) is 16.0. The number of ketones is 1. The molecule has 0 unspecified atom stereocenters. The molecule has 2 rings (SSSR count). The number of hydrogen-bond donors (Lipinski definition) is 2. The minimum atomic E-state index is -1.19.